The molecule has 0 aliphatic heterocycles. The fourth-order valence-electron chi connectivity index (χ4n) is 1.74. The van der Waals surface area contributed by atoms with Gasteiger partial charge in [-0.25, -0.2) is 0 Å². The number of methoxy groups -OCH3 is 2. The van der Waals surface area contributed by atoms with Crippen LogP contribution in [-0.2, 0) is 6.42 Å². The lowest BCUT2D eigenvalue weighted by Gasteiger charge is -2.16. The molecule has 1 N–H and O–H groups in total. The lowest BCUT2D eigenvalue weighted by Crippen LogP contribution is -2.26. The van der Waals surface area contributed by atoms with E-state index in [1.165, 1.54) is 5.56 Å². The first kappa shape index (κ1) is 12.8. The lowest BCUT2D eigenvalue weighted by atomic mass is 10.0. The molecule has 1 unspecified atom stereocenters. The van der Waals surface area contributed by atoms with Crippen LogP contribution in [-0.4, -0.2) is 27.3 Å². The number of hydrogen-bond donors (Lipinski definition) is 1. The minimum absolute atomic E-state index is 0.488. The number of hydrogen-bond acceptors (Lipinski definition) is 3. The molecule has 0 bridgehead atoms. The van der Waals surface area contributed by atoms with E-state index in [2.05, 4.69) is 18.3 Å². The van der Waals surface area contributed by atoms with Crippen molar-refractivity contribution >= 4 is 0 Å². The molecule has 0 saturated carbocycles. The normalized spacial score (nSPS) is 12.2. The van der Waals surface area contributed by atoms with Gasteiger partial charge in [-0.05, 0) is 31.5 Å². The van der Waals surface area contributed by atoms with E-state index in [0.29, 0.717) is 6.04 Å². The molecule has 1 atom stereocenters. The Hall–Kier alpha value is -1.22. The van der Waals surface area contributed by atoms with E-state index >= 15 is 0 Å². The molecule has 0 aliphatic carbocycles. The number of nitrogens with one attached hydrogen (secondary N) is 1. The van der Waals surface area contributed by atoms with Crippen molar-refractivity contribution in [2.24, 2.45) is 0 Å². The van der Waals surface area contributed by atoms with Crippen LogP contribution in [0, 0.1) is 0 Å². The summed E-state index contributed by atoms with van der Waals surface area (Å²) in [4.78, 5) is 0. The fourth-order valence-corrected chi connectivity index (χ4v) is 1.74. The van der Waals surface area contributed by atoms with Gasteiger partial charge in [-0.2, -0.15) is 0 Å². The van der Waals surface area contributed by atoms with Gasteiger partial charge in [-0.15, -0.1) is 0 Å². The Balaban J connectivity index is 2.86. The summed E-state index contributed by atoms with van der Waals surface area (Å²) in [5.74, 6) is 1.73. The van der Waals surface area contributed by atoms with Gasteiger partial charge in [0.25, 0.3) is 0 Å². The predicted octanol–water partition coefficient (Wildman–Crippen LogP) is 2.24. The molecular weight excluding hydrogens is 202 g/mol. The summed E-state index contributed by atoms with van der Waals surface area (Å²) in [6.45, 7) is 2.18. The van der Waals surface area contributed by atoms with Crippen LogP contribution >= 0.6 is 0 Å². The van der Waals surface area contributed by atoms with Gasteiger partial charge in [0.15, 0.2) is 0 Å². The summed E-state index contributed by atoms with van der Waals surface area (Å²) >= 11 is 0. The molecule has 1 rings (SSSR count). The van der Waals surface area contributed by atoms with E-state index < -0.39 is 0 Å². The van der Waals surface area contributed by atoms with Crippen molar-refractivity contribution in [1.82, 2.24) is 5.32 Å². The first-order valence-corrected chi connectivity index (χ1v) is 5.63. The molecule has 3 nitrogen and oxygen atoms in total. The van der Waals surface area contributed by atoms with Crippen LogP contribution in [0.1, 0.15) is 18.9 Å². The zero-order valence-corrected chi connectivity index (χ0v) is 10.5. The maximum atomic E-state index is 5.37. The quantitative estimate of drug-likeness (QED) is 0.802. The van der Waals surface area contributed by atoms with Crippen LogP contribution in [0.4, 0.5) is 0 Å². The van der Waals surface area contributed by atoms with Gasteiger partial charge in [0.05, 0.1) is 14.2 Å². The second-order valence-electron chi connectivity index (χ2n) is 3.78. The van der Waals surface area contributed by atoms with E-state index in [-0.39, 0.29) is 0 Å². The Morgan fingerprint density at radius 1 is 1.25 bits per heavy atom. The summed E-state index contributed by atoms with van der Waals surface area (Å²) in [6.07, 6.45) is 2.08. The van der Waals surface area contributed by atoms with Crippen LogP contribution in [0.5, 0.6) is 11.5 Å². The zero-order chi connectivity index (χ0) is 12.0. The van der Waals surface area contributed by atoms with E-state index in [4.69, 9.17) is 9.47 Å². The second kappa shape index (κ2) is 6.38. The van der Waals surface area contributed by atoms with Crippen molar-refractivity contribution in [3.05, 3.63) is 23.8 Å². The van der Waals surface area contributed by atoms with Crippen LogP contribution in [0.3, 0.4) is 0 Å². The second-order valence-corrected chi connectivity index (χ2v) is 3.78. The minimum atomic E-state index is 0.488. The number of ether oxygens (including phenoxy) is 2. The highest BCUT2D eigenvalue weighted by Crippen LogP contribution is 2.25. The van der Waals surface area contributed by atoms with Gasteiger partial charge >= 0.3 is 0 Å². The van der Waals surface area contributed by atoms with E-state index in [1.54, 1.807) is 14.2 Å². The van der Waals surface area contributed by atoms with Crippen LogP contribution in [0.25, 0.3) is 0 Å². The minimum Gasteiger partial charge on any atom is -0.497 e. The lowest BCUT2D eigenvalue weighted by molar-refractivity contribution is 0.388. The highest BCUT2D eigenvalue weighted by Gasteiger charge is 2.10. The van der Waals surface area contributed by atoms with Crippen LogP contribution in [0.2, 0.25) is 0 Å². The molecule has 0 fully saturated rings. The summed E-state index contributed by atoms with van der Waals surface area (Å²) in [7, 11) is 5.35. The highest BCUT2D eigenvalue weighted by molar-refractivity contribution is 5.41. The third-order valence-electron chi connectivity index (χ3n) is 2.86. The Labute approximate surface area is 97.8 Å². The first-order chi connectivity index (χ1) is 7.74. The molecule has 1 aromatic carbocycles. The molecular formula is C13H21NO2. The summed E-state index contributed by atoms with van der Waals surface area (Å²) in [6, 6.07) is 6.46. The molecule has 0 amide bonds. The molecule has 0 radical (unpaired) electrons. The van der Waals surface area contributed by atoms with Gasteiger partial charge in [0.2, 0.25) is 0 Å². The van der Waals surface area contributed by atoms with Crippen molar-refractivity contribution in [2.45, 2.75) is 25.8 Å². The SMILES string of the molecule is CCC(Cc1ccc(OC)cc1OC)NC. The molecule has 1 aromatic rings. The molecule has 0 spiro atoms. The number of rotatable bonds is 6. The maximum Gasteiger partial charge on any atom is 0.125 e. The van der Waals surface area contributed by atoms with Crippen molar-refractivity contribution in [1.29, 1.82) is 0 Å². The smallest absolute Gasteiger partial charge is 0.125 e. The maximum absolute atomic E-state index is 5.37. The van der Waals surface area contributed by atoms with Crippen molar-refractivity contribution in [3.63, 3.8) is 0 Å². The standard InChI is InChI=1S/C13H21NO2/c1-5-11(14-2)8-10-6-7-12(15-3)9-13(10)16-4/h6-7,9,11,14H,5,8H2,1-4H3. The first-order valence-electron chi connectivity index (χ1n) is 5.63. The summed E-state index contributed by atoms with van der Waals surface area (Å²) in [5.41, 5.74) is 1.21. The molecule has 0 aromatic heterocycles. The third-order valence-corrected chi connectivity index (χ3v) is 2.86. The Morgan fingerprint density at radius 2 is 2.00 bits per heavy atom. The molecule has 0 heterocycles. The van der Waals surface area contributed by atoms with Gasteiger partial charge < -0.3 is 14.8 Å². The van der Waals surface area contributed by atoms with Crippen molar-refractivity contribution < 1.29 is 9.47 Å². The zero-order valence-electron chi connectivity index (χ0n) is 10.5. The average molecular weight is 223 g/mol. The van der Waals surface area contributed by atoms with Crippen LogP contribution in [0.15, 0.2) is 18.2 Å². The largest absolute Gasteiger partial charge is 0.497 e. The van der Waals surface area contributed by atoms with E-state index in [1.807, 2.05) is 19.2 Å². The Kier molecular flexibility index (Phi) is 5.12. The Morgan fingerprint density at radius 3 is 2.50 bits per heavy atom. The van der Waals surface area contributed by atoms with Gasteiger partial charge in [-0.1, -0.05) is 13.0 Å². The fraction of sp³-hybridized carbons (Fsp3) is 0.538. The van der Waals surface area contributed by atoms with Crippen LogP contribution < -0.4 is 14.8 Å². The van der Waals surface area contributed by atoms with Crippen molar-refractivity contribution in [3.8, 4) is 11.5 Å². The average Bonchev–Trinajstić information content (AvgIpc) is 2.35. The molecule has 0 saturated heterocycles. The number of likely N-dealkylation sites (N-methyl/N-ethyl adjacent to an activating group) is 1. The number of benzene rings is 1. The summed E-state index contributed by atoms with van der Waals surface area (Å²) < 4.78 is 10.5. The third kappa shape index (κ3) is 3.14. The topological polar surface area (TPSA) is 30.5 Å². The molecule has 3 heteroatoms. The Bertz CT molecular complexity index is 322. The van der Waals surface area contributed by atoms with Gasteiger partial charge in [0, 0.05) is 12.1 Å². The molecule has 90 valence electrons. The van der Waals surface area contributed by atoms with E-state index in [9.17, 15) is 0 Å². The highest BCUT2D eigenvalue weighted by atomic mass is 16.5. The van der Waals surface area contributed by atoms with Gasteiger partial charge in [-0.3, -0.25) is 0 Å². The van der Waals surface area contributed by atoms with Gasteiger partial charge in [0.1, 0.15) is 11.5 Å². The molecule has 0 aliphatic rings. The molecule has 16 heavy (non-hydrogen) atoms. The summed E-state index contributed by atoms with van der Waals surface area (Å²) in [5, 5.41) is 3.29. The monoisotopic (exact) mass is 223 g/mol. The predicted molar refractivity (Wildman–Crippen MR) is 66.4 cm³/mol. The van der Waals surface area contributed by atoms with E-state index in [0.717, 1.165) is 24.3 Å². The van der Waals surface area contributed by atoms with Crippen molar-refractivity contribution in [2.75, 3.05) is 21.3 Å².